The molecule has 5 rings (SSSR count). The maximum atomic E-state index is 13.1. The van der Waals surface area contributed by atoms with Gasteiger partial charge in [-0.3, -0.25) is 14.5 Å². The highest BCUT2D eigenvalue weighted by molar-refractivity contribution is 5.90. The zero-order chi connectivity index (χ0) is 26.0. The summed E-state index contributed by atoms with van der Waals surface area (Å²) in [5, 5.41) is 12.2. The van der Waals surface area contributed by atoms with Crippen molar-refractivity contribution in [1.29, 1.82) is 0 Å². The van der Waals surface area contributed by atoms with Gasteiger partial charge in [-0.15, -0.1) is 6.58 Å². The van der Waals surface area contributed by atoms with Crippen LogP contribution in [0, 0.1) is 0 Å². The third-order valence-corrected chi connectivity index (χ3v) is 9.43. The monoisotopic (exact) mass is 509 g/mol. The van der Waals surface area contributed by atoms with Crippen LogP contribution in [-0.4, -0.2) is 52.6 Å². The predicted octanol–water partition coefficient (Wildman–Crippen LogP) is 5.42. The maximum Gasteiger partial charge on any atom is 0.311 e. The van der Waals surface area contributed by atoms with E-state index < -0.39 is 17.1 Å². The first-order valence-electron chi connectivity index (χ1n) is 14.6. The number of hydrogen-bond acceptors (Lipinski definition) is 6. The van der Waals surface area contributed by atoms with E-state index in [0.29, 0.717) is 50.1 Å². The van der Waals surface area contributed by atoms with Crippen molar-refractivity contribution in [3.05, 3.63) is 35.9 Å². The van der Waals surface area contributed by atoms with Gasteiger partial charge in [0.15, 0.2) is 23.4 Å². The first-order valence-corrected chi connectivity index (χ1v) is 14.6. The topological polar surface area (TPSA) is 76.1 Å². The average Bonchev–Trinajstić information content (AvgIpc) is 3.24. The number of piperidine rings is 1. The van der Waals surface area contributed by atoms with Gasteiger partial charge in [0.05, 0.1) is 11.0 Å². The lowest BCUT2D eigenvalue weighted by Gasteiger charge is -2.62. The molecule has 2 unspecified atom stereocenters. The van der Waals surface area contributed by atoms with Gasteiger partial charge in [0.25, 0.3) is 0 Å². The minimum absolute atomic E-state index is 0.0385. The van der Waals surface area contributed by atoms with Gasteiger partial charge in [-0.05, 0) is 37.3 Å². The Hall–Kier alpha value is -2.18. The van der Waals surface area contributed by atoms with E-state index in [1.807, 2.05) is 18.2 Å². The second kappa shape index (κ2) is 10.9. The molecule has 1 saturated heterocycles. The molecule has 6 nitrogen and oxygen atoms in total. The first-order chi connectivity index (χ1) is 18.0. The minimum atomic E-state index is -1.05. The molecule has 1 spiro atoms. The van der Waals surface area contributed by atoms with Gasteiger partial charge < -0.3 is 14.6 Å². The third kappa shape index (κ3) is 4.44. The molecule has 4 aliphatic rings. The summed E-state index contributed by atoms with van der Waals surface area (Å²) in [5.41, 5.74) is 0.183. The number of rotatable bonds is 13. The molecule has 202 valence electrons. The Balaban J connectivity index is 1.28. The van der Waals surface area contributed by atoms with Gasteiger partial charge in [-0.2, -0.15) is 0 Å². The minimum Gasteiger partial charge on any atom is -0.477 e. The Labute approximate surface area is 221 Å². The molecule has 1 saturated carbocycles. The van der Waals surface area contributed by atoms with Crippen molar-refractivity contribution in [1.82, 2.24) is 4.90 Å². The summed E-state index contributed by atoms with van der Waals surface area (Å²) in [4.78, 5) is 28.2. The lowest BCUT2D eigenvalue weighted by atomic mass is 9.49. The standard InChI is InChI=1S/C31H43NO5/c1-3-5-6-7-8-9-10-11-12-13-26(34)36-24-15-14-22-21-25-31(35)17-16-23(33)29-30(31,27(22)28(24)37-29)18-20-32(25)19-4-2/h4,14-15,25,29,35H,2-3,5-13,16-21H2,1H3/t25?,29?,30-,31+/m0/s1. The zero-order valence-corrected chi connectivity index (χ0v) is 22.4. The molecule has 2 bridgehead atoms. The van der Waals surface area contributed by atoms with E-state index in [1.54, 1.807) is 0 Å². The second-order valence-electron chi connectivity index (χ2n) is 11.6. The SMILES string of the molecule is C=CCN1CC[C@]23c4c5ccc(OC(=O)CCCCCCCCCCC)c4OC2C(=O)CC[C@@]3(O)C1C5. The van der Waals surface area contributed by atoms with Crippen LogP contribution in [-0.2, 0) is 21.4 Å². The van der Waals surface area contributed by atoms with Gasteiger partial charge in [0, 0.05) is 37.5 Å². The normalized spacial score (nSPS) is 29.5. The van der Waals surface area contributed by atoms with Crippen molar-refractivity contribution in [2.75, 3.05) is 13.1 Å². The highest BCUT2D eigenvalue weighted by Crippen LogP contribution is 2.64. The van der Waals surface area contributed by atoms with Crippen molar-refractivity contribution in [2.45, 2.75) is 120 Å². The van der Waals surface area contributed by atoms with Gasteiger partial charge in [-0.25, -0.2) is 0 Å². The molecular formula is C31H43NO5. The lowest BCUT2D eigenvalue weighted by molar-refractivity contribution is -0.187. The van der Waals surface area contributed by atoms with Crippen LogP contribution in [0.2, 0.25) is 0 Å². The summed E-state index contributed by atoms with van der Waals surface area (Å²) >= 11 is 0. The fourth-order valence-corrected chi connectivity index (χ4v) is 7.62. The predicted molar refractivity (Wildman–Crippen MR) is 143 cm³/mol. The van der Waals surface area contributed by atoms with E-state index in [9.17, 15) is 14.7 Å². The molecule has 1 aromatic rings. The zero-order valence-electron chi connectivity index (χ0n) is 22.4. The molecule has 6 heteroatoms. The Morgan fingerprint density at radius 2 is 1.89 bits per heavy atom. The number of ether oxygens (including phenoxy) is 2. The average molecular weight is 510 g/mol. The molecule has 2 aliphatic heterocycles. The summed E-state index contributed by atoms with van der Waals surface area (Å²) in [6, 6.07) is 3.74. The number of likely N-dealkylation sites (tertiary alicyclic amines) is 1. The van der Waals surface area contributed by atoms with E-state index in [4.69, 9.17) is 9.47 Å². The number of carbonyl (C=O) groups excluding carboxylic acids is 2. The first kappa shape index (κ1) is 26.4. The van der Waals surface area contributed by atoms with Crippen molar-refractivity contribution in [3.63, 3.8) is 0 Å². The van der Waals surface area contributed by atoms with E-state index >= 15 is 0 Å². The number of esters is 1. The summed E-state index contributed by atoms with van der Waals surface area (Å²) in [5.74, 6) is 0.681. The third-order valence-electron chi connectivity index (χ3n) is 9.43. The number of ketones is 1. The molecule has 2 aliphatic carbocycles. The molecule has 0 aromatic heterocycles. The number of hydrogen-bond donors (Lipinski definition) is 1. The largest absolute Gasteiger partial charge is 0.477 e. The highest BCUT2D eigenvalue weighted by Gasteiger charge is 2.73. The van der Waals surface area contributed by atoms with Crippen LogP contribution in [0.4, 0.5) is 0 Å². The van der Waals surface area contributed by atoms with Crippen LogP contribution in [0.5, 0.6) is 11.5 Å². The summed E-state index contributed by atoms with van der Waals surface area (Å²) in [6.07, 6.45) is 14.4. The second-order valence-corrected chi connectivity index (χ2v) is 11.6. The number of aliphatic hydroxyl groups is 1. The number of nitrogens with zero attached hydrogens (tertiary/aromatic N) is 1. The molecule has 37 heavy (non-hydrogen) atoms. The fraction of sp³-hybridized carbons (Fsp3) is 0.677. The summed E-state index contributed by atoms with van der Waals surface area (Å²) in [7, 11) is 0. The number of unbranched alkanes of at least 4 members (excludes halogenated alkanes) is 8. The Morgan fingerprint density at radius 1 is 1.16 bits per heavy atom. The summed E-state index contributed by atoms with van der Waals surface area (Å²) < 4.78 is 12.2. The molecule has 0 radical (unpaired) electrons. The Morgan fingerprint density at radius 3 is 2.62 bits per heavy atom. The quantitative estimate of drug-likeness (QED) is 0.166. The van der Waals surface area contributed by atoms with Gasteiger partial charge >= 0.3 is 5.97 Å². The highest BCUT2D eigenvalue weighted by atomic mass is 16.6. The number of carbonyl (C=O) groups is 2. The lowest BCUT2D eigenvalue weighted by Crippen LogP contribution is -2.76. The number of Topliss-reactive ketones (excluding diaryl/α,β-unsaturated/α-hetero) is 1. The molecule has 1 N–H and O–H groups in total. The van der Waals surface area contributed by atoms with Crippen LogP contribution in [0.15, 0.2) is 24.8 Å². The van der Waals surface area contributed by atoms with Gasteiger partial charge in [0.2, 0.25) is 0 Å². The van der Waals surface area contributed by atoms with Crippen molar-refractivity contribution in [2.24, 2.45) is 0 Å². The Bertz CT molecular complexity index is 1040. The van der Waals surface area contributed by atoms with Crippen LogP contribution in [0.1, 0.15) is 102 Å². The van der Waals surface area contributed by atoms with Crippen LogP contribution >= 0.6 is 0 Å². The molecule has 2 fully saturated rings. The van der Waals surface area contributed by atoms with Crippen molar-refractivity contribution < 1.29 is 24.2 Å². The fourth-order valence-electron chi connectivity index (χ4n) is 7.62. The van der Waals surface area contributed by atoms with Crippen molar-refractivity contribution in [3.8, 4) is 11.5 Å². The molecular weight excluding hydrogens is 466 g/mol. The van der Waals surface area contributed by atoms with Gasteiger partial charge in [0.1, 0.15) is 0 Å². The van der Waals surface area contributed by atoms with E-state index in [2.05, 4.69) is 18.4 Å². The maximum absolute atomic E-state index is 13.1. The molecule has 2 heterocycles. The van der Waals surface area contributed by atoms with Gasteiger partial charge in [-0.1, -0.05) is 70.4 Å². The smallest absolute Gasteiger partial charge is 0.311 e. The molecule has 1 aromatic carbocycles. The van der Waals surface area contributed by atoms with E-state index in [0.717, 1.165) is 36.9 Å². The van der Waals surface area contributed by atoms with Crippen LogP contribution in [0.25, 0.3) is 0 Å². The van der Waals surface area contributed by atoms with Crippen LogP contribution in [0.3, 0.4) is 0 Å². The van der Waals surface area contributed by atoms with E-state index in [1.165, 1.54) is 38.5 Å². The molecule has 0 amide bonds. The molecule has 4 atom stereocenters. The Kier molecular flexibility index (Phi) is 7.78. The number of benzene rings is 1. The summed E-state index contributed by atoms with van der Waals surface area (Å²) in [6.45, 7) is 7.62. The van der Waals surface area contributed by atoms with Crippen LogP contribution < -0.4 is 9.47 Å². The van der Waals surface area contributed by atoms with Crippen molar-refractivity contribution >= 4 is 11.8 Å². The van der Waals surface area contributed by atoms with E-state index in [-0.39, 0.29) is 17.8 Å².